The zero-order chi connectivity index (χ0) is 18.0. The average molecular weight is 353 g/mol. The number of oxime groups is 1. The van der Waals surface area contributed by atoms with Crippen molar-refractivity contribution in [3.8, 4) is 5.75 Å². The first-order chi connectivity index (χ1) is 11.8. The first kappa shape index (κ1) is 17.0. The summed E-state index contributed by atoms with van der Waals surface area (Å²) in [5.74, 6) is 0.239. The molecule has 1 saturated heterocycles. The molecule has 1 aliphatic heterocycles. The fraction of sp³-hybridized carbons (Fsp3) is 0.312. The van der Waals surface area contributed by atoms with E-state index in [0.717, 1.165) is 12.1 Å². The molecular formula is C16H14F3N3O3. The highest BCUT2D eigenvalue weighted by Crippen LogP contribution is 2.30. The molecule has 1 aliphatic rings. The summed E-state index contributed by atoms with van der Waals surface area (Å²) >= 11 is 0. The quantitative estimate of drug-likeness (QED) is 0.626. The van der Waals surface area contributed by atoms with Crippen LogP contribution < -0.4 is 4.84 Å². The predicted molar refractivity (Wildman–Crippen MR) is 80.9 cm³/mol. The standard InChI is InChI=1S/C16H14F3N3O3/c1-10(23)22-8-11(9-22)14(15-20-6-7-24-15)21-25-13-4-2-12(3-5-13)16(17,18)19/h2-7,11H,8-9H2,1H3. The van der Waals surface area contributed by atoms with Crippen LogP contribution in [-0.2, 0) is 11.0 Å². The van der Waals surface area contributed by atoms with Crippen LogP contribution in [0.25, 0.3) is 0 Å². The van der Waals surface area contributed by atoms with Crippen molar-refractivity contribution >= 4 is 11.6 Å². The highest BCUT2D eigenvalue weighted by molar-refractivity contribution is 5.99. The number of carbonyl (C=O) groups is 1. The van der Waals surface area contributed by atoms with Crippen molar-refractivity contribution in [1.29, 1.82) is 0 Å². The molecule has 3 rings (SSSR count). The Morgan fingerprint density at radius 2 is 2.00 bits per heavy atom. The van der Waals surface area contributed by atoms with Gasteiger partial charge < -0.3 is 14.2 Å². The molecule has 1 fully saturated rings. The summed E-state index contributed by atoms with van der Waals surface area (Å²) in [6, 6.07) is 4.19. The van der Waals surface area contributed by atoms with Gasteiger partial charge in [0.25, 0.3) is 0 Å². The predicted octanol–water partition coefficient (Wildman–Crippen LogP) is 2.95. The molecule has 0 unspecified atom stereocenters. The van der Waals surface area contributed by atoms with E-state index in [2.05, 4.69) is 10.1 Å². The Kier molecular flexibility index (Phi) is 4.47. The van der Waals surface area contributed by atoms with Crippen molar-refractivity contribution in [2.75, 3.05) is 13.1 Å². The molecule has 0 aliphatic carbocycles. The van der Waals surface area contributed by atoms with E-state index >= 15 is 0 Å². The average Bonchev–Trinajstić information content (AvgIpc) is 3.02. The van der Waals surface area contributed by atoms with Crippen molar-refractivity contribution in [1.82, 2.24) is 9.88 Å². The third kappa shape index (κ3) is 3.81. The van der Waals surface area contributed by atoms with Crippen molar-refractivity contribution in [2.24, 2.45) is 11.1 Å². The highest BCUT2D eigenvalue weighted by Gasteiger charge is 2.35. The van der Waals surface area contributed by atoms with E-state index < -0.39 is 11.7 Å². The van der Waals surface area contributed by atoms with E-state index in [-0.39, 0.29) is 23.5 Å². The molecule has 0 spiro atoms. The Hall–Kier alpha value is -2.84. The second kappa shape index (κ2) is 6.58. The monoisotopic (exact) mass is 353 g/mol. The zero-order valence-corrected chi connectivity index (χ0v) is 13.2. The molecule has 0 atom stereocenters. The number of oxazole rings is 1. The number of rotatable bonds is 4. The van der Waals surface area contributed by atoms with E-state index in [9.17, 15) is 18.0 Å². The smallest absolute Gasteiger partial charge is 0.416 e. The maximum Gasteiger partial charge on any atom is 0.416 e. The summed E-state index contributed by atoms with van der Waals surface area (Å²) in [7, 11) is 0. The molecule has 9 heteroatoms. The minimum atomic E-state index is -4.41. The molecule has 2 aromatic rings. The van der Waals surface area contributed by atoms with E-state index in [1.54, 1.807) is 4.90 Å². The summed E-state index contributed by atoms with van der Waals surface area (Å²) in [6.45, 7) is 2.37. The third-order valence-electron chi connectivity index (χ3n) is 3.80. The Bertz CT molecular complexity index is 764. The number of likely N-dealkylation sites (tertiary alicyclic amines) is 1. The van der Waals surface area contributed by atoms with E-state index in [1.807, 2.05) is 0 Å². The highest BCUT2D eigenvalue weighted by atomic mass is 19.4. The van der Waals surface area contributed by atoms with Gasteiger partial charge in [0.1, 0.15) is 12.0 Å². The maximum atomic E-state index is 12.6. The molecule has 1 amide bonds. The first-order valence-corrected chi connectivity index (χ1v) is 7.42. The van der Waals surface area contributed by atoms with Gasteiger partial charge in [-0.1, -0.05) is 5.16 Å². The van der Waals surface area contributed by atoms with E-state index in [1.165, 1.54) is 31.5 Å². The van der Waals surface area contributed by atoms with Crippen molar-refractivity contribution in [3.05, 3.63) is 48.2 Å². The second-order valence-corrected chi connectivity index (χ2v) is 5.55. The SMILES string of the molecule is CC(=O)N1CC(C(=NOc2ccc(C(F)(F)F)cc2)c2ncco2)C1. The number of amides is 1. The van der Waals surface area contributed by atoms with Gasteiger partial charge in [-0.15, -0.1) is 0 Å². The number of carbonyl (C=O) groups excluding carboxylic acids is 1. The molecule has 2 heterocycles. The van der Waals surface area contributed by atoms with E-state index in [4.69, 9.17) is 9.25 Å². The van der Waals surface area contributed by atoms with Gasteiger partial charge in [0.05, 0.1) is 11.8 Å². The van der Waals surface area contributed by atoms with Crippen LogP contribution in [0.2, 0.25) is 0 Å². The molecule has 25 heavy (non-hydrogen) atoms. The summed E-state index contributed by atoms with van der Waals surface area (Å²) in [5.41, 5.74) is -0.366. The van der Waals surface area contributed by atoms with Gasteiger partial charge in [0, 0.05) is 25.9 Å². The summed E-state index contributed by atoms with van der Waals surface area (Å²) in [4.78, 5) is 22.2. The number of hydrogen-bond acceptors (Lipinski definition) is 5. The van der Waals surface area contributed by atoms with Gasteiger partial charge in [0.2, 0.25) is 11.8 Å². The molecule has 132 valence electrons. The van der Waals surface area contributed by atoms with Crippen molar-refractivity contribution in [3.63, 3.8) is 0 Å². The topological polar surface area (TPSA) is 67.9 Å². The number of alkyl halides is 3. The molecule has 0 bridgehead atoms. The minimum absolute atomic E-state index is 0.0494. The van der Waals surface area contributed by atoms with Crippen molar-refractivity contribution < 1.29 is 27.2 Å². The van der Waals surface area contributed by atoms with Gasteiger partial charge in [0.15, 0.2) is 5.75 Å². The van der Waals surface area contributed by atoms with Crippen LogP contribution in [0.3, 0.4) is 0 Å². The number of nitrogens with zero attached hydrogens (tertiary/aromatic N) is 3. The second-order valence-electron chi connectivity index (χ2n) is 5.55. The lowest BCUT2D eigenvalue weighted by atomic mass is 9.94. The van der Waals surface area contributed by atoms with Crippen LogP contribution in [0, 0.1) is 5.92 Å². The molecule has 1 aromatic heterocycles. The van der Waals surface area contributed by atoms with Gasteiger partial charge in [-0.25, -0.2) is 4.98 Å². The summed E-state index contributed by atoms with van der Waals surface area (Å²) in [5, 5.41) is 3.99. The van der Waals surface area contributed by atoms with Crippen LogP contribution in [0.1, 0.15) is 18.4 Å². The minimum Gasteiger partial charge on any atom is -0.443 e. The number of halogens is 3. The molecular weight excluding hydrogens is 339 g/mol. The number of aromatic nitrogens is 1. The van der Waals surface area contributed by atoms with Crippen LogP contribution >= 0.6 is 0 Å². The largest absolute Gasteiger partial charge is 0.443 e. The Balaban J connectivity index is 1.74. The van der Waals surface area contributed by atoms with Crippen molar-refractivity contribution in [2.45, 2.75) is 13.1 Å². The van der Waals surface area contributed by atoms with Crippen LogP contribution in [-0.4, -0.2) is 34.6 Å². The molecule has 1 aromatic carbocycles. The molecule has 6 nitrogen and oxygen atoms in total. The zero-order valence-electron chi connectivity index (χ0n) is 13.2. The third-order valence-corrected chi connectivity index (χ3v) is 3.80. The van der Waals surface area contributed by atoms with Gasteiger partial charge >= 0.3 is 6.18 Å². The Morgan fingerprint density at radius 3 is 2.52 bits per heavy atom. The number of hydrogen-bond donors (Lipinski definition) is 0. The van der Waals surface area contributed by atoms with Gasteiger partial charge in [-0.2, -0.15) is 13.2 Å². The van der Waals surface area contributed by atoms with E-state index in [0.29, 0.717) is 18.8 Å². The maximum absolute atomic E-state index is 12.6. The lowest BCUT2D eigenvalue weighted by Crippen LogP contribution is -2.52. The Morgan fingerprint density at radius 1 is 1.32 bits per heavy atom. The van der Waals surface area contributed by atoms with Gasteiger partial charge in [-0.3, -0.25) is 4.79 Å². The van der Waals surface area contributed by atoms with Crippen LogP contribution in [0.5, 0.6) is 5.75 Å². The fourth-order valence-electron chi connectivity index (χ4n) is 2.35. The van der Waals surface area contributed by atoms with Gasteiger partial charge in [-0.05, 0) is 24.3 Å². The normalized spacial score (nSPS) is 15.8. The first-order valence-electron chi connectivity index (χ1n) is 7.42. The summed E-state index contributed by atoms with van der Waals surface area (Å²) < 4.78 is 42.9. The summed E-state index contributed by atoms with van der Waals surface area (Å²) in [6.07, 6.45) is -1.58. The lowest BCUT2D eigenvalue weighted by Gasteiger charge is -2.38. The van der Waals surface area contributed by atoms with Crippen LogP contribution in [0.4, 0.5) is 13.2 Å². The Labute approximate surface area is 140 Å². The molecule has 0 radical (unpaired) electrons. The number of benzene rings is 1. The fourth-order valence-corrected chi connectivity index (χ4v) is 2.35. The van der Waals surface area contributed by atoms with Crippen LogP contribution in [0.15, 0.2) is 46.3 Å². The lowest BCUT2D eigenvalue weighted by molar-refractivity contribution is -0.137. The molecule has 0 N–H and O–H groups in total. The molecule has 0 saturated carbocycles.